The van der Waals surface area contributed by atoms with E-state index in [4.69, 9.17) is 4.52 Å². The summed E-state index contributed by atoms with van der Waals surface area (Å²) in [6.45, 7) is 11.0. The van der Waals surface area contributed by atoms with E-state index < -0.39 is 0 Å². The number of hydrogen-bond acceptors (Lipinski definition) is 4. The predicted octanol–water partition coefficient (Wildman–Crippen LogP) is 4.26. The standard InChI is InChI=1S/C20H29N3O2/c1-6-16(5)23(19(24)13-14(2)3)12-11-18-21-20(22-25-18)17-9-7-15(4)8-10-17/h7-10,14,16H,6,11-13H2,1-5H3/t16-/m0/s1. The van der Waals surface area contributed by atoms with E-state index in [1.807, 2.05) is 36.1 Å². The van der Waals surface area contributed by atoms with Gasteiger partial charge in [-0.2, -0.15) is 4.98 Å². The van der Waals surface area contributed by atoms with E-state index in [1.54, 1.807) is 0 Å². The molecule has 0 fully saturated rings. The molecule has 2 rings (SSSR count). The van der Waals surface area contributed by atoms with E-state index in [0.717, 1.165) is 12.0 Å². The number of benzene rings is 1. The second-order valence-corrected chi connectivity index (χ2v) is 7.07. The van der Waals surface area contributed by atoms with Crippen LogP contribution in [-0.2, 0) is 11.2 Å². The first-order valence-electron chi connectivity index (χ1n) is 9.09. The third-order valence-electron chi connectivity index (χ3n) is 4.37. The Labute approximate surface area is 150 Å². The molecular formula is C20H29N3O2. The summed E-state index contributed by atoms with van der Waals surface area (Å²) in [5.41, 5.74) is 2.13. The van der Waals surface area contributed by atoms with Crippen molar-refractivity contribution in [2.75, 3.05) is 6.54 Å². The van der Waals surface area contributed by atoms with Gasteiger partial charge in [0.15, 0.2) is 0 Å². The minimum absolute atomic E-state index is 0.197. The Morgan fingerprint density at radius 3 is 2.48 bits per heavy atom. The summed E-state index contributed by atoms with van der Waals surface area (Å²) in [6.07, 6.45) is 2.08. The third-order valence-corrected chi connectivity index (χ3v) is 4.37. The molecule has 0 N–H and O–H groups in total. The SMILES string of the molecule is CC[C@H](C)N(CCc1nc(-c2ccc(C)cc2)no1)C(=O)CC(C)C. The highest BCUT2D eigenvalue weighted by molar-refractivity contribution is 5.76. The molecule has 1 atom stereocenters. The number of rotatable bonds is 8. The van der Waals surface area contributed by atoms with Crippen LogP contribution in [0.25, 0.3) is 11.4 Å². The first-order chi connectivity index (χ1) is 11.9. The van der Waals surface area contributed by atoms with Gasteiger partial charge in [0.25, 0.3) is 0 Å². The lowest BCUT2D eigenvalue weighted by Gasteiger charge is -2.29. The molecule has 0 radical (unpaired) electrons. The Bertz CT molecular complexity index is 677. The van der Waals surface area contributed by atoms with Crippen molar-refractivity contribution in [3.63, 3.8) is 0 Å². The number of hydrogen-bond donors (Lipinski definition) is 0. The second kappa shape index (κ2) is 8.79. The van der Waals surface area contributed by atoms with Crippen molar-refractivity contribution in [1.29, 1.82) is 0 Å². The van der Waals surface area contributed by atoms with Gasteiger partial charge in [0.05, 0.1) is 0 Å². The van der Waals surface area contributed by atoms with Gasteiger partial charge in [-0.25, -0.2) is 0 Å². The van der Waals surface area contributed by atoms with Crippen molar-refractivity contribution in [2.45, 2.75) is 59.9 Å². The van der Waals surface area contributed by atoms with Crippen molar-refractivity contribution in [1.82, 2.24) is 15.0 Å². The zero-order chi connectivity index (χ0) is 18.4. The van der Waals surface area contributed by atoms with Crippen LogP contribution in [0.1, 0.15) is 52.0 Å². The van der Waals surface area contributed by atoms with Crippen molar-refractivity contribution >= 4 is 5.91 Å². The lowest BCUT2D eigenvalue weighted by molar-refractivity contribution is -0.134. The lowest BCUT2D eigenvalue weighted by Crippen LogP contribution is -2.40. The minimum Gasteiger partial charge on any atom is -0.339 e. The van der Waals surface area contributed by atoms with Gasteiger partial charge >= 0.3 is 0 Å². The first kappa shape index (κ1) is 19.2. The summed E-state index contributed by atoms with van der Waals surface area (Å²) in [7, 11) is 0. The van der Waals surface area contributed by atoms with E-state index >= 15 is 0 Å². The fourth-order valence-electron chi connectivity index (χ4n) is 2.67. The zero-order valence-corrected chi connectivity index (χ0v) is 16.0. The lowest BCUT2D eigenvalue weighted by atomic mass is 10.1. The predicted molar refractivity (Wildman–Crippen MR) is 99.1 cm³/mol. The van der Waals surface area contributed by atoms with Gasteiger partial charge in [-0.15, -0.1) is 0 Å². The molecule has 0 aliphatic heterocycles. The van der Waals surface area contributed by atoms with Crippen LogP contribution < -0.4 is 0 Å². The van der Waals surface area contributed by atoms with Crippen LogP contribution in [0.3, 0.4) is 0 Å². The quantitative estimate of drug-likeness (QED) is 0.718. The molecule has 1 aromatic carbocycles. The number of carbonyl (C=O) groups excluding carboxylic acids is 1. The summed E-state index contributed by atoms with van der Waals surface area (Å²) in [5.74, 6) is 1.72. The van der Waals surface area contributed by atoms with E-state index in [1.165, 1.54) is 5.56 Å². The molecule has 5 heteroatoms. The van der Waals surface area contributed by atoms with Crippen LogP contribution in [0.4, 0.5) is 0 Å². The fraction of sp³-hybridized carbons (Fsp3) is 0.550. The smallest absolute Gasteiger partial charge is 0.228 e. The highest BCUT2D eigenvalue weighted by Crippen LogP contribution is 2.17. The maximum absolute atomic E-state index is 12.5. The summed E-state index contributed by atoms with van der Waals surface area (Å²) in [6, 6.07) is 8.25. The largest absolute Gasteiger partial charge is 0.339 e. The van der Waals surface area contributed by atoms with Crippen LogP contribution in [0, 0.1) is 12.8 Å². The van der Waals surface area contributed by atoms with Crippen LogP contribution in [-0.4, -0.2) is 33.5 Å². The van der Waals surface area contributed by atoms with Crippen LogP contribution in [0.15, 0.2) is 28.8 Å². The fourth-order valence-corrected chi connectivity index (χ4v) is 2.67. The average Bonchev–Trinajstić information content (AvgIpc) is 3.03. The van der Waals surface area contributed by atoms with Crippen LogP contribution in [0.5, 0.6) is 0 Å². The number of aromatic nitrogens is 2. The summed E-state index contributed by atoms with van der Waals surface area (Å²) in [4.78, 5) is 18.9. The molecule has 0 aliphatic carbocycles. The topological polar surface area (TPSA) is 59.2 Å². The maximum atomic E-state index is 12.5. The Morgan fingerprint density at radius 1 is 1.20 bits per heavy atom. The number of nitrogens with zero attached hydrogens (tertiary/aromatic N) is 3. The molecule has 0 spiro atoms. The molecule has 25 heavy (non-hydrogen) atoms. The summed E-state index contributed by atoms with van der Waals surface area (Å²) in [5, 5.41) is 4.06. The van der Waals surface area contributed by atoms with Gasteiger partial charge in [-0.05, 0) is 26.2 Å². The first-order valence-corrected chi connectivity index (χ1v) is 9.09. The van der Waals surface area contributed by atoms with E-state index in [9.17, 15) is 4.79 Å². The number of carbonyl (C=O) groups is 1. The molecule has 5 nitrogen and oxygen atoms in total. The molecule has 2 aromatic rings. The molecule has 0 saturated carbocycles. The number of aryl methyl sites for hydroxylation is 1. The molecule has 1 aromatic heterocycles. The third kappa shape index (κ3) is 5.41. The molecule has 0 bridgehead atoms. The van der Waals surface area contributed by atoms with Crippen LogP contribution in [0.2, 0.25) is 0 Å². The molecule has 0 saturated heterocycles. The molecule has 1 amide bonds. The number of amides is 1. The molecule has 0 unspecified atom stereocenters. The van der Waals surface area contributed by atoms with E-state index in [0.29, 0.717) is 37.0 Å². The van der Waals surface area contributed by atoms with Gasteiger partial charge in [0.1, 0.15) is 0 Å². The van der Waals surface area contributed by atoms with Gasteiger partial charge in [0, 0.05) is 31.0 Å². The van der Waals surface area contributed by atoms with Crippen molar-refractivity contribution in [3.8, 4) is 11.4 Å². The zero-order valence-electron chi connectivity index (χ0n) is 16.0. The average molecular weight is 343 g/mol. The maximum Gasteiger partial charge on any atom is 0.228 e. The van der Waals surface area contributed by atoms with Crippen molar-refractivity contribution in [2.24, 2.45) is 5.92 Å². The van der Waals surface area contributed by atoms with Gasteiger partial charge in [-0.1, -0.05) is 55.8 Å². The Kier molecular flexibility index (Phi) is 6.73. The van der Waals surface area contributed by atoms with Crippen LogP contribution >= 0.6 is 0 Å². The summed E-state index contributed by atoms with van der Waals surface area (Å²) >= 11 is 0. The van der Waals surface area contributed by atoms with E-state index in [2.05, 4.69) is 37.8 Å². The molecular weight excluding hydrogens is 314 g/mol. The highest BCUT2D eigenvalue weighted by Gasteiger charge is 2.20. The Balaban J connectivity index is 2.02. The van der Waals surface area contributed by atoms with Gasteiger partial charge in [-0.3, -0.25) is 4.79 Å². The molecule has 0 aliphatic rings. The Morgan fingerprint density at radius 2 is 1.88 bits per heavy atom. The molecule has 136 valence electrons. The van der Waals surface area contributed by atoms with Crippen molar-refractivity contribution < 1.29 is 9.32 Å². The van der Waals surface area contributed by atoms with Crippen molar-refractivity contribution in [3.05, 3.63) is 35.7 Å². The normalized spacial score (nSPS) is 12.4. The highest BCUT2D eigenvalue weighted by atomic mass is 16.5. The Hall–Kier alpha value is -2.17. The summed E-state index contributed by atoms with van der Waals surface area (Å²) < 4.78 is 5.37. The van der Waals surface area contributed by atoms with Gasteiger partial charge < -0.3 is 9.42 Å². The minimum atomic E-state index is 0.197. The second-order valence-electron chi connectivity index (χ2n) is 7.07. The molecule has 1 heterocycles. The van der Waals surface area contributed by atoms with Gasteiger partial charge in [0.2, 0.25) is 17.6 Å². The monoisotopic (exact) mass is 343 g/mol. The van der Waals surface area contributed by atoms with E-state index in [-0.39, 0.29) is 11.9 Å².